The first-order valence-corrected chi connectivity index (χ1v) is 8.10. The Morgan fingerprint density at radius 1 is 1.15 bits per heavy atom. The molecule has 0 heterocycles. The van der Waals surface area contributed by atoms with Crippen molar-refractivity contribution in [3.05, 3.63) is 68.1 Å². The maximum Gasteiger partial charge on any atom is 0.0592 e. The van der Waals surface area contributed by atoms with Crippen LogP contribution >= 0.6 is 39.1 Å². The number of benzene rings is 2. The largest absolute Gasteiger partial charge is 0.306 e. The molecule has 2 rings (SSSR count). The van der Waals surface area contributed by atoms with Crippen molar-refractivity contribution in [2.45, 2.75) is 19.4 Å². The minimum atomic E-state index is 0.0404. The molecule has 0 amide bonds. The first-order valence-electron chi connectivity index (χ1n) is 6.55. The number of nitrogens with one attached hydrogen (secondary N) is 1. The molecule has 0 saturated heterocycles. The maximum absolute atomic E-state index is 6.35. The molecule has 1 unspecified atom stereocenters. The van der Waals surface area contributed by atoms with Crippen molar-refractivity contribution in [3.8, 4) is 0 Å². The Hall–Kier alpha value is -0.540. The molecule has 106 valence electrons. The van der Waals surface area contributed by atoms with E-state index in [1.165, 1.54) is 0 Å². The zero-order valence-corrected chi connectivity index (χ0v) is 14.3. The van der Waals surface area contributed by atoms with Crippen molar-refractivity contribution in [3.63, 3.8) is 0 Å². The lowest BCUT2D eigenvalue weighted by Gasteiger charge is -2.21. The van der Waals surface area contributed by atoms with Crippen LogP contribution in [0.2, 0.25) is 10.0 Å². The Labute approximate surface area is 138 Å². The van der Waals surface area contributed by atoms with E-state index in [4.69, 9.17) is 23.2 Å². The van der Waals surface area contributed by atoms with Gasteiger partial charge in [-0.2, -0.15) is 0 Å². The van der Waals surface area contributed by atoms with E-state index in [0.717, 1.165) is 33.6 Å². The first kappa shape index (κ1) is 15.8. The highest BCUT2D eigenvalue weighted by atomic mass is 79.9. The van der Waals surface area contributed by atoms with E-state index in [-0.39, 0.29) is 6.04 Å². The van der Waals surface area contributed by atoms with Crippen LogP contribution in [-0.2, 0) is 0 Å². The van der Waals surface area contributed by atoms with Gasteiger partial charge in [0.1, 0.15) is 0 Å². The predicted octanol–water partition coefficient (Wildman–Crippen LogP) is 5.84. The minimum Gasteiger partial charge on any atom is -0.306 e. The normalized spacial score (nSPS) is 12.4. The summed E-state index contributed by atoms with van der Waals surface area (Å²) in [5, 5.41) is 4.96. The Kier molecular flexibility index (Phi) is 5.91. The molecular weight excluding hydrogens is 357 g/mol. The van der Waals surface area contributed by atoms with Crippen LogP contribution < -0.4 is 5.32 Å². The van der Waals surface area contributed by atoms with Gasteiger partial charge in [-0.3, -0.25) is 0 Å². The zero-order valence-electron chi connectivity index (χ0n) is 11.2. The van der Waals surface area contributed by atoms with E-state index in [1.54, 1.807) is 0 Å². The van der Waals surface area contributed by atoms with Gasteiger partial charge in [0.25, 0.3) is 0 Å². The summed E-state index contributed by atoms with van der Waals surface area (Å²) < 4.78 is 1.05. The van der Waals surface area contributed by atoms with E-state index >= 15 is 0 Å². The maximum atomic E-state index is 6.35. The van der Waals surface area contributed by atoms with Crippen LogP contribution in [0.1, 0.15) is 30.5 Å². The summed E-state index contributed by atoms with van der Waals surface area (Å²) in [6.07, 6.45) is 1.06. The molecule has 1 nitrogen and oxygen atoms in total. The smallest absolute Gasteiger partial charge is 0.0592 e. The molecule has 0 aliphatic heterocycles. The van der Waals surface area contributed by atoms with Crippen LogP contribution in [0, 0.1) is 0 Å². The van der Waals surface area contributed by atoms with E-state index < -0.39 is 0 Å². The second kappa shape index (κ2) is 7.46. The monoisotopic (exact) mass is 371 g/mol. The fourth-order valence-electron chi connectivity index (χ4n) is 2.12. The minimum absolute atomic E-state index is 0.0404. The summed E-state index contributed by atoms with van der Waals surface area (Å²) in [5.74, 6) is 0. The van der Waals surface area contributed by atoms with E-state index in [1.807, 2.05) is 30.3 Å². The average Bonchev–Trinajstić information content (AvgIpc) is 2.43. The quantitative estimate of drug-likeness (QED) is 0.694. The summed E-state index contributed by atoms with van der Waals surface area (Å²) in [6.45, 7) is 3.06. The Bertz CT molecular complexity index is 586. The van der Waals surface area contributed by atoms with Crippen molar-refractivity contribution in [2.75, 3.05) is 6.54 Å². The molecule has 0 bridgehead atoms. The Balaban J connectivity index is 2.44. The SMILES string of the molecule is CCCNC(c1cccc(Br)c1)c1cc(Cl)ccc1Cl. The summed E-state index contributed by atoms with van der Waals surface area (Å²) in [4.78, 5) is 0. The van der Waals surface area contributed by atoms with Gasteiger partial charge < -0.3 is 5.32 Å². The van der Waals surface area contributed by atoms with Crippen LogP contribution in [0.5, 0.6) is 0 Å². The van der Waals surface area contributed by atoms with Crippen molar-refractivity contribution in [1.29, 1.82) is 0 Å². The van der Waals surface area contributed by atoms with E-state index in [9.17, 15) is 0 Å². The van der Waals surface area contributed by atoms with Crippen LogP contribution in [0.4, 0.5) is 0 Å². The van der Waals surface area contributed by atoms with Gasteiger partial charge in [-0.05, 0) is 54.4 Å². The lowest BCUT2D eigenvalue weighted by atomic mass is 9.98. The van der Waals surface area contributed by atoms with Crippen molar-refractivity contribution < 1.29 is 0 Å². The van der Waals surface area contributed by atoms with Gasteiger partial charge in [-0.1, -0.05) is 58.2 Å². The second-order valence-corrected chi connectivity index (χ2v) is 6.37. The highest BCUT2D eigenvalue weighted by Gasteiger charge is 2.17. The molecule has 0 aliphatic carbocycles. The van der Waals surface area contributed by atoms with Gasteiger partial charge in [0.15, 0.2) is 0 Å². The summed E-state index contributed by atoms with van der Waals surface area (Å²) in [7, 11) is 0. The van der Waals surface area contributed by atoms with Gasteiger partial charge in [0, 0.05) is 14.5 Å². The first-order chi connectivity index (χ1) is 9.61. The molecule has 0 aromatic heterocycles. The topological polar surface area (TPSA) is 12.0 Å². The molecule has 0 saturated carbocycles. The molecule has 1 N–H and O–H groups in total. The summed E-state index contributed by atoms with van der Waals surface area (Å²) in [6, 6.07) is 13.9. The van der Waals surface area contributed by atoms with Crippen LogP contribution in [-0.4, -0.2) is 6.54 Å². The van der Waals surface area contributed by atoms with Crippen molar-refractivity contribution in [1.82, 2.24) is 5.32 Å². The average molecular weight is 373 g/mol. The molecule has 0 aliphatic rings. The highest BCUT2D eigenvalue weighted by molar-refractivity contribution is 9.10. The van der Waals surface area contributed by atoms with Gasteiger partial charge in [0.2, 0.25) is 0 Å². The number of halogens is 3. The zero-order chi connectivity index (χ0) is 14.5. The molecule has 1 atom stereocenters. The van der Waals surface area contributed by atoms with Gasteiger partial charge in [-0.25, -0.2) is 0 Å². The van der Waals surface area contributed by atoms with Crippen LogP contribution in [0.15, 0.2) is 46.9 Å². The van der Waals surface area contributed by atoms with Crippen LogP contribution in [0.3, 0.4) is 0 Å². The molecule has 0 radical (unpaired) electrons. The van der Waals surface area contributed by atoms with Gasteiger partial charge in [-0.15, -0.1) is 0 Å². The van der Waals surface area contributed by atoms with Crippen molar-refractivity contribution in [2.24, 2.45) is 0 Å². The lowest BCUT2D eigenvalue weighted by Crippen LogP contribution is -2.23. The molecule has 0 spiro atoms. The summed E-state index contributed by atoms with van der Waals surface area (Å²) >= 11 is 16.0. The third-order valence-corrected chi connectivity index (χ3v) is 4.12. The fourth-order valence-corrected chi connectivity index (χ4v) is 2.94. The highest BCUT2D eigenvalue weighted by Crippen LogP contribution is 2.31. The van der Waals surface area contributed by atoms with Crippen LogP contribution in [0.25, 0.3) is 0 Å². The third-order valence-electron chi connectivity index (χ3n) is 3.05. The number of rotatable bonds is 5. The van der Waals surface area contributed by atoms with Gasteiger partial charge in [0.05, 0.1) is 6.04 Å². The molecule has 0 fully saturated rings. The van der Waals surface area contributed by atoms with Gasteiger partial charge >= 0.3 is 0 Å². The molecule has 2 aromatic carbocycles. The Morgan fingerprint density at radius 3 is 2.65 bits per heavy atom. The standard InChI is InChI=1S/C16H16BrCl2N/c1-2-8-20-16(11-4-3-5-12(17)9-11)14-10-13(18)6-7-15(14)19/h3-7,9-10,16,20H,2,8H2,1H3. The fraction of sp³-hybridized carbons (Fsp3) is 0.250. The molecule has 20 heavy (non-hydrogen) atoms. The van der Waals surface area contributed by atoms with E-state index in [2.05, 4.69) is 40.3 Å². The number of hydrogen-bond acceptors (Lipinski definition) is 1. The molecule has 4 heteroatoms. The summed E-state index contributed by atoms with van der Waals surface area (Å²) in [5.41, 5.74) is 2.17. The Morgan fingerprint density at radius 2 is 1.95 bits per heavy atom. The predicted molar refractivity (Wildman–Crippen MR) is 90.7 cm³/mol. The third kappa shape index (κ3) is 3.98. The van der Waals surface area contributed by atoms with Crippen molar-refractivity contribution >= 4 is 39.1 Å². The lowest BCUT2D eigenvalue weighted by molar-refractivity contribution is 0.598. The molecular formula is C16H16BrCl2N. The van der Waals surface area contributed by atoms with E-state index in [0.29, 0.717) is 5.02 Å². The molecule has 2 aromatic rings. The second-order valence-electron chi connectivity index (χ2n) is 4.61. The number of hydrogen-bond donors (Lipinski definition) is 1.